The third kappa shape index (κ3) is 1.80. The minimum atomic E-state index is -0.524. The SMILES string of the molecule is CC(C)(N)c1nc(C2CCCC2)no1. The highest BCUT2D eigenvalue weighted by Crippen LogP contribution is 2.32. The molecule has 0 atom stereocenters. The average Bonchev–Trinajstić information content (AvgIpc) is 2.73. The first-order valence-corrected chi connectivity index (χ1v) is 5.20. The first-order valence-electron chi connectivity index (χ1n) is 5.20. The van der Waals surface area contributed by atoms with E-state index in [0.29, 0.717) is 11.8 Å². The van der Waals surface area contributed by atoms with Crippen molar-refractivity contribution >= 4 is 0 Å². The fourth-order valence-electron chi connectivity index (χ4n) is 1.85. The Hall–Kier alpha value is -0.900. The molecule has 0 amide bonds. The Bertz CT molecular complexity index is 307. The van der Waals surface area contributed by atoms with Crippen LogP contribution >= 0.6 is 0 Å². The van der Waals surface area contributed by atoms with Crippen molar-refractivity contribution in [3.63, 3.8) is 0 Å². The van der Waals surface area contributed by atoms with Crippen LogP contribution in [0.25, 0.3) is 0 Å². The second-order valence-corrected chi connectivity index (χ2v) is 4.66. The molecule has 1 aliphatic carbocycles. The van der Waals surface area contributed by atoms with Gasteiger partial charge in [0.05, 0.1) is 5.54 Å². The summed E-state index contributed by atoms with van der Waals surface area (Å²) in [5, 5.41) is 4.00. The fourth-order valence-corrected chi connectivity index (χ4v) is 1.85. The normalized spacial score (nSPS) is 19.1. The topological polar surface area (TPSA) is 64.9 Å². The molecule has 1 saturated carbocycles. The molecule has 4 heteroatoms. The van der Waals surface area contributed by atoms with Crippen LogP contribution in [0, 0.1) is 0 Å². The van der Waals surface area contributed by atoms with E-state index in [2.05, 4.69) is 10.1 Å². The molecular formula is C10H17N3O. The summed E-state index contributed by atoms with van der Waals surface area (Å²) in [7, 11) is 0. The van der Waals surface area contributed by atoms with Crippen molar-refractivity contribution in [2.24, 2.45) is 5.73 Å². The van der Waals surface area contributed by atoms with Gasteiger partial charge in [-0.05, 0) is 26.7 Å². The summed E-state index contributed by atoms with van der Waals surface area (Å²) in [5.74, 6) is 1.88. The molecule has 1 aromatic heterocycles. The quantitative estimate of drug-likeness (QED) is 0.783. The van der Waals surface area contributed by atoms with Crippen molar-refractivity contribution < 1.29 is 4.52 Å². The summed E-state index contributed by atoms with van der Waals surface area (Å²) in [6.07, 6.45) is 4.93. The van der Waals surface area contributed by atoms with Gasteiger partial charge in [0.2, 0.25) is 5.89 Å². The molecule has 4 nitrogen and oxygen atoms in total. The maximum atomic E-state index is 5.87. The number of rotatable bonds is 2. The molecule has 0 radical (unpaired) electrons. The lowest BCUT2D eigenvalue weighted by Gasteiger charge is -2.11. The van der Waals surface area contributed by atoms with E-state index >= 15 is 0 Å². The fraction of sp³-hybridized carbons (Fsp3) is 0.800. The Balaban J connectivity index is 2.17. The van der Waals surface area contributed by atoms with Gasteiger partial charge in [-0.25, -0.2) is 0 Å². The summed E-state index contributed by atoms with van der Waals surface area (Å²) in [6, 6.07) is 0. The predicted octanol–water partition coefficient (Wildman–Crippen LogP) is 1.92. The lowest BCUT2D eigenvalue weighted by Crippen LogP contribution is -2.29. The lowest BCUT2D eigenvalue weighted by atomic mass is 10.1. The molecule has 0 spiro atoms. The van der Waals surface area contributed by atoms with Gasteiger partial charge < -0.3 is 10.3 Å². The molecule has 0 bridgehead atoms. The lowest BCUT2D eigenvalue weighted by molar-refractivity contribution is 0.309. The van der Waals surface area contributed by atoms with Crippen molar-refractivity contribution in [3.8, 4) is 0 Å². The van der Waals surface area contributed by atoms with Gasteiger partial charge in [-0.3, -0.25) is 0 Å². The Morgan fingerprint density at radius 3 is 2.50 bits per heavy atom. The standard InChI is InChI=1S/C10H17N3O/c1-10(2,11)9-12-8(13-14-9)7-5-3-4-6-7/h7H,3-6,11H2,1-2H3. The van der Waals surface area contributed by atoms with Crippen LogP contribution in [-0.2, 0) is 5.54 Å². The van der Waals surface area contributed by atoms with Crippen LogP contribution in [0.3, 0.4) is 0 Å². The van der Waals surface area contributed by atoms with E-state index in [-0.39, 0.29) is 0 Å². The molecule has 1 fully saturated rings. The Kier molecular flexibility index (Phi) is 2.31. The third-order valence-electron chi connectivity index (χ3n) is 2.71. The van der Waals surface area contributed by atoms with E-state index in [4.69, 9.17) is 10.3 Å². The number of hydrogen-bond acceptors (Lipinski definition) is 4. The summed E-state index contributed by atoms with van der Waals surface area (Å²) in [5.41, 5.74) is 5.35. The van der Waals surface area contributed by atoms with Crippen molar-refractivity contribution in [2.75, 3.05) is 0 Å². The average molecular weight is 195 g/mol. The summed E-state index contributed by atoms with van der Waals surface area (Å²) >= 11 is 0. The van der Waals surface area contributed by atoms with Crippen LogP contribution in [-0.4, -0.2) is 10.1 Å². The van der Waals surface area contributed by atoms with Crippen LogP contribution in [0.4, 0.5) is 0 Å². The molecule has 1 aromatic rings. The molecule has 0 saturated heterocycles. The Labute approximate surface area is 83.9 Å². The summed E-state index contributed by atoms with van der Waals surface area (Å²) in [6.45, 7) is 3.75. The van der Waals surface area contributed by atoms with Crippen LogP contribution in [0.15, 0.2) is 4.52 Å². The van der Waals surface area contributed by atoms with Crippen LogP contribution in [0.1, 0.15) is 57.2 Å². The van der Waals surface area contributed by atoms with Crippen molar-refractivity contribution in [1.82, 2.24) is 10.1 Å². The second-order valence-electron chi connectivity index (χ2n) is 4.66. The van der Waals surface area contributed by atoms with E-state index in [1.165, 1.54) is 25.7 Å². The Morgan fingerprint density at radius 2 is 2.00 bits per heavy atom. The molecule has 78 valence electrons. The van der Waals surface area contributed by atoms with Crippen molar-refractivity contribution in [2.45, 2.75) is 51.0 Å². The van der Waals surface area contributed by atoms with Crippen molar-refractivity contribution in [1.29, 1.82) is 0 Å². The molecule has 1 aliphatic rings. The van der Waals surface area contributed by atoms with Gasteiger partial charge in [0.15, 0.2) is 5.82 Å². The smallest absolute Gasteiger partial charge is 0.246 e. The minimum Gasteiger partial charge on any atom is -0.337 e. The minimum absolute atomic E-state index is 0.495. The van der Waals surface area contributed by atoms with Gasteiger partial charge in [-0.15, -0.1) is 0 Å². The first kappa shape index (κ1) is 9.65. The van der Waals surface area contributed by atoms with E-state index in [1.807, 2.05) is 13.8 Å². The van der Waals surface area contributed by atoms with E-state index < -0.39 is 5.54 Å². The summed E-state index contributed by atoms with van der Waals surface area (Å²) in [4.78, 5) is 4.36. The highest BCUT2D eigenvalue weighted by molar-refractivity contribution is 5.02. The largest absolute Gasteiger partial charge is 0.337 e. The summed E-state index contributed by atoms with van der Waals surface area (Å²) < 4.78 is 5.16. The molecular weight excluding hydrogens is 178 g/mol. The van der Waals surface area contributed by atoms with Crippen LogP contribution in [0.5, 0.6) is 0 Å². The number of hydrogen-bond donors (Lipinski definition) is 1. The van der Waals surface area contributed by atoms with Gasteiger partial charge in [0, 0.05) is 5.92 Å². The molecule has 2 rings (SSSR count). The number of nitrogens with zero attached hydrogens (tertiary/aromatic N) is 2. The van der Waals surface area contributed by atoms with Gasteiger partial charge in [-0.2, -0.15) is 4.98 Å². The Morgan fingerprint density at radius 1 is 1.36 bits per heavy atom. The second kappa shape index (κ2) is 3.35. The van der Waals surface area contributed by atoms with E-state index in [9.17, 15) is 0 Å². The van der Waals surface area contributed by atoms with Crippen LogP contribution < -0.4 is 5.73 Å². The van der Waals surface area contributed by atoms with Gasteiger partial charge in [-0.1, -0.05) is 18.0 Å². The van der Waals surface area contributed by atoms with Crippen molar-refractivity contribution in [3.05, 3.63) is 11.7 Å². The number of aromatic nitrogens is 2. The van der Waals surface area contributed by atoms with Gasteiger partial charge in [0.1, 0.15) is 0 Å². The zero-order valence-electron chi connectivity index (χ0n) is 8.79. The molecule has 1 heterocycles. The highest BCUT2D eigenvalue weighted by Gasteiger charge is 2.26. The predicted molar refractivity (Wildman–Crippen MR) is 52.7 cm³/mol. The molecule has 0 aliphatic heterocycles. The number of nitrogens with two attached hydrogens (primary N) is 1. The maximum absolute atomic E-state index is 5.87. The monoisotopic (exact) mass is 195 g/mol. The van der Waals surface area contributed by atoms with Crippen LogP contribution in [0.2, 0.25) is 0 Å². The molecule has 2 N–H and O–H groups in total. The first-order chi connectivity index (χ1) is 6.57. The van der Waals surface area contributed by atoms with E-state index in [0.717, 1.165) is 5.82 Å². The zero-order valence-corrected chi connectivity index (χ0v) is 8.79. The zero-order chi connectivity index (χ0) is 10.2. The molecule has 14 heavy (non-hydrogen) atoms. The van der Waals surface area contributed by atoms with E-state index in [1.54, 1.807) is 0 Å². The molecule has 0 unspecified atom stereocenters. The maximum Gasteiger partial charge on any atom is 0.246 e. The highest BCUT2D eigenvalue weighted by atomic mass is 16.5. The van der Waals surface area contributed by atoms with Gasteiger partial charge in [0.25, 0.3) is 0 Å². The third-order valence-corrected chi connectivity index (χ3v) is 2.71. The van der Waals surface area contributed by atoms with Gasteiger partial charge >= 0.3 is 0 Å². The molecule has 0 aromatic carbocycles.